The predicted octanol–water partition coefficient (Wildman–Crippen LogP) is 5.18. The highest BCUT2D eigenvalue weighted by molar-refractivity contribution is 6.03. The number of alkyl halides is 3. The van der Waals surface area contributed by atoms with Gasteiger partial charge in [-0.3, -0.25) is 19.2 Å². The molecule has 2 aromatic carbocycles. The van der Waals surface area contributed by atoms with Crippen molar-refractivity contribution in [1.29, 1.82) is 0 Å². The number of esters is 1. The molecule has 0 unspecified atom stereocenters. The number of aromatic amines is 1. The summed E-state index contributed by atoms with van der Waals surface area (Å²) < 4.78 is 51.2. The average molecular weight is 658 g/mol. The number of methoxy groups -OCH3 is 1. The maximum Gasteiger partial charge on any atom is 0.417 e. The van der Waals surface area contributed by atoms with Crippen LogP contribution in [0.5, 0.6) is 5.75 Å². The molecule has 0 aliphatic carbocycles. The highest BCUT2D eigenvalue weighted by atomic mass is 19.4. The highest BCUT2D eigenvalue weighted by Crippen LogP contribution is 2.34. The molecule has 1 aliphatic rings. The zero-order valence-corrected chi connectivity index (χ0v) is 26.6. The van der Waals surface area contributed by atoms with Gasteiger partial charge in [-0.2, -0.15) is 13.2 Å². The molecule has 2 amide bonds. The summed E-state index contributed by atoms with van der Waals surface area (Å²) in [5.41, 5.74) is -0.937. The Morgan fingerprint density at radius 2 is 1.81 bits per heavy atom. The Labute approximate surface area is 269 Å². The number of hydrogen-bond acceptors (Lipinski definition) is 7. The molecule has 1 aliphatic heterocycles. The topological polar surface area (TPSA) is 144 Å². The van der Waals surface area contributed by atoms with Gasteiger partial charge in [-0.15, -0.1) is 0 Å². The van der Waals surface area contributed by atoms with Gasteiger partial charge in [-0.25, -0.2) is 4.79 Å². The molecule has 0 spiro atoms. The van der Waals surface area contributed by atoms with Crippen molar-refractivity contribution < 1.29 is 46.6 Å². The number of benzene rings is 2. The van der Waals surface area contributed by atoms with Crippen LogP contribution in [0.1, 0.15) is 71.5 Å². The van der Waals surface area contributed by atoms with Crippen LogP contribution in [0.2, 0.25) is 0 Å². The molecule has 0 saturated carbocycles. The third kappa shape index (κ3) is 8.57. The molecule has 0 radical (unpaired) electrons. The van der Waals surface area contributed by atoms with Gasteiger partial charge < -0.3 is 25.1 Å². The van der Waals surface area contributed by atoms with E-state index >= 15 is 0 Å². The lowest BCUT2D eigenvalue weighted by molar-refractivity contribution is -0.138. The van der Waals surface area contributed by atoms with E-state index in [9.17, 15) is 37.1 Å². The van der Waals surface area contributed by atoms with Crippen molar-refractivity contribution in [2.75, 3.05) is 20.3 Å². The molecule has 3 atom stereocenters. The van der Waals surface area contributed by atoms with E-state index in [2.05, 4.69) is 15.6 Å². The van der Waals surface area contributed by atoms with E-state index in [0.29, 0.717) is 36.0 Å². The largest absolute Gasteiger partial charge is 0.496 e. The van der Waals surface area contributed by atoms with Gasteiger partial charge in [0.15, 0.2) is 18.2 Å². The molecule has 0 bridgehead atoms. The number of halogens is 3. The molecule has 47 heavy (non-hydrogen) atoms. The van der Waals surface area contributed by atoms with Gasteiger partial charge in [0.25, 0.3) is 0 Å². The number of carbonyl (C=O) groups excluding carboxylic acids is 5. The number of hydrogen-bond donors (Lipinski definition) is 3. The molecule has 4 rings (SSSR count). The number of nitrogens with one attached hydrogen (secondary N) is 3. The summed E-state index contributed by atoms with van der Waals surface area (Å²) in [5.74, 6) is -4.31. The van der Waals surface area contributed by atoms with E-state index in [1.807, 2.05) is 13.8 Å². The first-order valence-electron chi connectivity index (χ1n) is 15.3. The summed E-state index contributed by atoms with van der Waals surface area (Å²) in [5, 5.41) is 6.03. The van der Waals surface area contributed by atoms with Gasteiger partial charge in [0, 0.05) is 35.7 Å². The van der Waals surface area contributed by atoms with Crippen LogP contribution in [0.15, 0.2) is 42.5 Å². The average Bonchev–Trinajstić information content (AvgIpc) is 3.64. The highest BCUT2D eigenvalue weighted by Gasteiger charge is 2.38. The molecule has 3 N–H and O–H groups in total. The quantitative estimate of drug-likeness (QED) is 0.160. The SMILES string of the molecule is COc1cccc2[nH]c(C(=O)C[C@@H](CC(C)C)C(=O)N[C@@H](C[C@@H]3CCNC3=O)C(=O)COC(=O)c3c(C)cccc3C(F)(F)F)cc12. The van der Waals surface area contributed by atoms with Gasteiger partial charge >= 0.3 is 12.1 Å². The Morgan fingerprint density at radius 1 is 1.09 bits per heavy atom. The summed E-state index contributed by atoms with van der Waals surface area (Å²) in [6.07, 6.45) is -4.44. The Kier molecular flexibility index (Phi) is 11.1. The van der Waals surface area contributed by atoms with E-state index in [-0.39, 0.29) is 41.7 Å². The summed E-state index contributed by atoms with van der Waals surface area (Å²) >= 11 is 0. The second-order valence-corrected chi connectivity index (χ2v) is 12.2. The minimum atomic E-state index is -4.83. The van der Waals surface area contributed by atoms with Crippen LogP contribution in [0.25, 0.3) is 10.9 Å². The lowest BCUT2D eigenvalue weighted by Crippen LogP contribution is -2.47. The summed E-state index contributed by atoms with van der Waals surface area (Å²) in [4.78, 5) is 68.7. The molecule has 1 aromatic heterocycles. The second kappa shape index (κ2) is 14.8. The normalized spacial score (nSPS) is 16.1. The molecule has 13 heteroatoms. The van der Waals surface area contributed by atoms with Crippen LogP contribution in [0.4, 0.5) is 13.2 Å². The Hall–Kier alpha value is -4.68. The van der Waals surface area contributed by atoms with Crippen LogP contribution in [-0.4, -0.2) is 60.6 Å². The molecule has 1 fully saturated rings. The number of aromatic nitrogens is 1. The number of aryl methyl sites for hydroxylation is 1. The fraction of sp³-hybridized carbons (Fsp3) is 0.441. The van der Waals surface area contributed by atoms with E-state index < -0.39 is 59.4 Å². The van der Waals surface area contributed by atoms with Crippen LogP contribution in [0, 0.1) is 24.7 Å². The number of Topliss-reactive ketones (excluding diaryl/α,β-unsaturated/α-hetero) is 2. The zero-order chi connectivity index (χ0) is 34.5. The second-order valence-electron chi connectivity index (χ2n) is 12.2. The van der Waals surface area contributed by atoms with Crippen molar-refractivity contribution in [2.24, 2.45) is 17.8 Å². The number of rotatable bonds is 14. The first-order chi connectivity index (χ1) is 22.2. The van der Waals surface area contributed by atoms with E-state index in [1.165, 1.54) is 20.1 Å². The first-order valence-corrected chi connectivity index (χ1v) is 15.3. The van der Waals surface area contributed by atoms with Crippen molar-refractivity contribution in [3.63, 3.8) is 0 Å². The fourth-order valence-corrected chi connectivity index (χ4v) is 5.84. The van der Waals surface area contributed by atoms with Crippen molar-refractivity contribution in [3.8, 4) is 5.75 Å². The van der Waals surface area contributed by atoms with Gasteiger partial charge in [-0.05, 0) is 61.9 Å². The maximum atomic E-state index is 13.7. The minimum Gasteiger partial charge on any atom is -0.496 e. The van der Waals surface area contributed by atoms with Crippen molar-refractivity contribution in [1.82, 2.24) is 15.6 Å². The van der Waals surface area contributed by atoms with Gasteiger partial charge in [-0.1, -0.05) is 32.0 Å². The minimum absolute atomic E-state index is 0.00554. The van der Waals surface area contributed by atoms with E-state index in [0.717, 1.165) is 12.1 Å². The summed E-state index contributed by atoms with van der Waals surface area (Å²) in [6.45, 7) is 4.52. The molecule has 252 valence electrons. The number of carbonyl (C=O) groups is 5. The zero-order valence-electron chi connectivity index (χ0n) is 26.6. The third-order valence-electron chi connectivity index (χ3n) is 8.22. The maximum absolute atomic E-state index is 13.7. The molecule has 2 heterocycles. The predicted molar refractivity (Wildman–Crippen MR) is 166 cm³/mol. The number of H-pyrrole nitrogens is 1. The Morgan fingerprint density at radius 3 is 2.45 bits per heavy atom. The van der Waals surface area contributed by atoms with E-state index in [1.54, 1.807) is 24.3 Å². The van der Waals surface area contributed by atoms with Gasteiger partial charge in [0.2, 0.25) is 11.8 Å². The molecular formula is C34H38F3N3O7. The van der Waals surface area contributed by atoms with Crippen LogP contribution in [0.3, 0.4) is 0 Å². The van der Waals surface area contributed by atoms with Crippen LogP contribution < -0.4 is 15.4 Å². The standard InChI is InChI=1S/C34H38F3N3O7/c1-18(2)13-21(15-27(41)26-16-22-24(39-26)9-6-10-29(22)46-4)32(44)40-25(14-20-11-12-38-31(20)43)28(42)17-47-33(45)30-19(3)7-5-8-23(30)34(35,36)37/h5-10,16,18,20-21,25,39H,11-15,17H2,1-4H3,(H,38,43)(H,40,44)/t20-,21+,25-/m0/s1. The van der Waals surface area contributed by atoms with Crippen LogP contribution >= 0.6 is 0 Å². The van der Waals surface area contributed by atoms with Gasteiger partial charge in [0.05, 0.1) is 30.0 Å². The number of ether oxygens (including phenoxy) is 2. The van der Waals surface area contributed by atoms with Crippen molar-refractivity contribution >= 4 is 40.3 Å². The Bertz CT molecular complexity index is 1660. The fourth-order valence-electron chi connectivity index (χ4n) is 5.84. The number of amides is 2. The molecule has 1 saturated heterocycles. The summed E-state index contributed by atoms with van der Waals surface area (Å²) in [6, 6.07) is 8.89. The third-order valence-corrected chi connectivity index (χ3v) is 8.22. The van der Waals surface area contributed by atoms with Crippen molar-refractivity contribution in [2.45, 2.75) is 58.7 Å². The van der Waals surface area contributed by atoms with E-state index in [4.69, 9.17) is 9.47 Å². The molecule has 3 aromatic rings. The smallest absolute Gasteiger partial charge is 0.417 e. The lowest BCUT2D eigenvalue weighted by atomic mass is 9.89. The summed E-state index contributed by atoms with van der Waals surface area (Å²) in [7, 11) is 1.52. The first kappa shape index (κ1) is 35.2. The number of fused-ring (bicyclic) bond motifs is 1. The van der Waals surface area contributed by atoms with Crippen molar-refractivity contribution in [3.05, 3.63) is 64.8 Å². The molecule has 10 nitrogen and oxygen atoms in total. The molecular weight excluding hydrogens is 619 g/mol. The van der Waals surface area contributed by atoms with Gasteiger partial charge in [0.1, 0.15) is 5.75 Å². The number of ketones is 2. The monoisotopic (exact) mass is 657 g/mol. The Balaban J connectivity index is 1.52. The lowest BCUT2D eigenvalue weighted by Gasteiger charge is -2.24. The van der Waals surface area contributed by atoms with Crippen LogP contribution in [-0.2, 0) is 25.3 Å².